The normalized spacial score (nSPS) is 10.7. The van der Waals surface area contributed by atoms with Crippen molar-refractivity contribution in [2.45, 2.75) is 20.3 Å². The molecule has 0 amide bonds. The van der Waals surface area contributed by atoms with E-state index in [-0.39, 0.29) is 0 Å². The molecule has 0 spiro atoms. The summed E-state index contributed by atoms with van der Waals surface area (Å²) in [6.07, 6.45) is 0.640. The Balaban J connectivity index is 2.13. The van der Waals surface area contributed by atoms with Gasteiger partial charge in [0, 0.05) is 6.07 Å². The SMILES string of the molecule is CCc1cc(=O)oc2cc(C)cc(OC(=O)c3ccccc3)c12. The third-order valence-corrected chi connectivity index (χ3v) is 3.63. The summed E-state index contributed by atoms with van der Waals surface area (Å²) in [5.41, 5.74) is 2.15. The molecular formula is C19H16O4. The second kappa shape index (κ2) is 6.08. The molecule has 0 bridgehead atoms. The Morgan fingerprint density at radius 1 is 1.13 bits per heavy atom. The van der Waals surface area contributed by atoms with Gasteiger partial charge in [-0.1, -0.05) is 25.1 Å². The highest BCUT2D eigenvalue weighted by atomic mass is 16.5. The summed E-state index contributed by atoms with van der Waals surface area (Å²) in [4.78, 5) is 24.0. The van der Waals surface area contributed by atoms with Gasteiger partial charge in [0.25, 0.3) is 0 Å². The minimum absolute atomic E-state index is 0.403. The highest BCUT2D eigenvalue weighted by Gasteiger charge is 2.15. The predicted octanol–water partition coefficient (Wildman–Crippen LogP) is 3.88. The summed E-state index contributed by atoms with van der Waals surface area (Å²) in [5, 5.41) is 0.669. The molecule has 0 saturated heterocycles. The number of esters is 1. The average Bonchev–Trinajstić information content (AvgIpc) is 2.54. The maximum atomic E-state index is 12.3. The maximum Gasteiger partial charge on any atom is 0.343 e. The predicted molar refractivity (Wildman–Crippen MR) is 88.0 cm³/mol. The number of hydrogen-bond donors (Lipinski definition) is 0. The first-order valence-electron chi connectivity index (χ1n) is 7.43. The van der Waals surface area contributed by atoms with E-state index in [1.165, 1.54) is 6.07 Å². The zero-order valence-electron chi connectivity index (χ0n) is 13.0. The van der Waals surface area contributed by atoms with Gasteiger partial charge >= 0.3 is 11.6 Å². The van der Waals surface area contributed by atoms with Gasteiger partial charge in [0.05, 0.1) is 10.9 Å². The molecule has 2 aromatic carbocycles. The van der Waals surface area contributed by atoms with Gasteiger partial charge in [-0.3, -0.25) is 0 Å². The molecule has 0 aliphatic heterocycles. The zero-order valence-corrected chi connectivity index (χ0v) is 13.0. The molecular weight excluding hydrogens is 292 g/mol. The molecule has 116 valence electrons. The van der Waals surface area contributed by atoms with Crippen LogP contribution in [0.4, 0.5) is 0 Å². The Labute approximate surface area is 133 Å². The van der Waals surface area contributed by atoms with Crippen LogP contribution in [0.1, 0.15) is 28.4 Å². The fourth-order valence-corrected chi connectivity index (χ4v) is 2.56. The Bertz CT molecular complexity index is 923. The molecule has 0 aliphatic carbocycles. The van der Waals surface area contributed by atoms with Crippen LogP contribution in [0.3, 0.4) is 0 Å². The zero-order chi connectivity index (χ0) is 16.4. The Hall–Kier alpha value is -2.88. The molecule has 0 radical (unpaired) electrons. The smallest absolute Gasteiger partial charge is 0.343 e. The molecule has 4 nitrogen and oxygen atoms in total. The first kappa shape index (κ1) is 15.0. The van der Waals surface area contributed by atoms with Crippen LogP contribution in [0.25, 0.3) is 11.0 Å². The van der Waals surface area contributed by atoms with E-state index in [2.05, 4.69) is 0 Å². The van der Waals surface area contributed by atoms with Crippen LogP contribution in [-0.4, -0.2) is 5.97 Å². The fourth-order valence-electron chi connectivity index (χ4n) is 2.56. The first-order valence-corrected chi connectivity index (χ1v) is 7.43. The molecule has 23 heavy (non-hydrogen) atoms. The Morgan fingerprint density at radius 2 is 1.87 bits per heavy atom. The number of aryl methyl sites for hydroxylation is 2. The van der Waals surface area contributed by atoms with Gasteiger partial charge in [0.15, 0.2) is 0 Å². The van der Waals surface area contributed by atoms with Gasteiger partial charge in [0.2, 0.25) is 0 Å². The lowest BCUT2D eigenvalue weighted by Crippen LogP contribution is -2.10. The lowest BCUT2D eigenvalue weighted by Gasteiger charge is -2.11. The minimum atomic E-state index is -0.439. The van der Waals surface area contributed by atoms with E-state index in [1.54, 1.807) is 36.4 Å². The molecule has 0 N–H and O–H groups in total. The summed E-state index contributed by atoms with van der Waals surface area (Å²) in [6, 6.07) is 13.8. The Kier molecular flexibility index (Phi) is 3.98. The number of carbonyl (C=O) groups excluding carboxylic acids is 1. The van der Waals surface area contributed by atoms with Crippen LogP contribution in [0.2, 0.25) is 0 Å². The molecule has 0 aliphatic rings. The van der Waals surface area contributed by atoms with Crippen LogP contribution in [0, 0.1) is 6.92 Å². The molecule has 1 heterocycles. The third kappa shape index (κ3) is 3.01. The number of rotatable bonds is 3. The first-order chi connectivity index (χ1) is 11.1. The van der Waals surface area contributed by atoms with E-state index in [1.807, 2.05) is 19.9 Å². The Morgan fingerprint density at radius 3 is 2.57 bits per heavy atom. The highest BCUT2D eigenvalue weighted by Crippen LogP contribution is 2.30. The topological polar surface area (TPSA) is 56.5 Å². The van der Waals surface area contributed by atoms with Gasteiger partial charge in [-0.05, 0) is 48.7 Å². The summed E-state index contributed by atoms with van der Waals surface area (Å²) >= 11 is 0. The van der Waals surface area contributed by atoms with Crippen LogP contribution < -0.4 is 10.4 Å². The molecule has 4 heteroatoms. The van der Waals surface area contributed by atoms with Crippen LogP contribution in [-0.2, 0) is 6.42 Å². The van der Waals surface area contributed by atoms with Gasteiger partial charge in [0.1, 0.15) is 11.3 Å². The summed E-state index contributed by atoms with van der Waals surface area (Å²) in [6.45, 7) is 3.80. The maximum absolute atomic E-state index is 12.3. The van der Waals surface area contributed by atoms with E-state index in [9.17, 15) is 9.59 Å². The molecule has 3 aromatic rings. The molecule has 0 atom stereocenters. The van der Waals surface area contributed by atoms with Crippen molar-refractivity contribution in [3.8, 4) is 5.75 Å². The number of ether oxygens (including phenoxy) is 1. The summed E-state index contributed by atoms with van der Waals surface area (Å²) in [5.74, 6) is -0.0276. The molecule has 0 unspecified atom stereocenters. The second-order valence-corrected chi connectivity index (χ2v) is 5.34. The van der Waals surface area contributed by atoms with Gasteiger partial charge in [-0.15, -0.1) is 0 Å². The fraction of sp³-hybridized carbons (Fsp3) is 0.158. The summed E-state index contributed by atoms with van der Waals surface area (Å²) < 4.78 is 10.8. The summed E-state index contributed by atoms with van der Waals surface area (Å²) in [7, 11) is 0. The standard InChI is InChI=1S/C19H16O4/c1-3-13-11-17(20)22-15-9-12(2)10-16(18(13)15)23-19(21)14-7-5-4-6-8-14/h4-11H,3H2,1-2H3. The largest absolute Gasteiger partial charge is 0.423 e. The lowest BCUT2D eigenvalue weighted by molar-refractivity contribution is 0.0737. The van der Waals surface area contributed by atoms with Gasteiger partial charge in [-0.2, -0.15) is 0 Å². The lowest BCUT2D eigenvalue weighted by atomic mass is 10.0. The molecule has 0 fully saturated rings. The number of hydrogen-bond acceptors (Lipinski definition) is 4. The van der Waals surface area contributed by atoms with Crippen molar-refractivity contribution in [3.05, 3.63) is 75.6 Å². The molecule has 3 rings (SSSR count). The van der Waals surface area contributed by atoms with Crippen molar-refractivity contribution in [2.75, 3.05) is 0 Å². The van der Waals surface area contributed by atoms with Crippen molar-refractivity contribution < 1.29 is 13.9 Å². The van der Waals surface area contributed by atoms with E-state index in [0.717, 1.165) is 11.1 Å². The van der Waals surface area contributed by atoms with Crippen molar-refractivity contribution in [3.63, 3.8) is 0 Å². The van der Waals surface area contributed by atoms with Crippen LogP contribution in [0.15, 0.2) is 57.7 Å². The van der Waals surface area contributed by atoms with Crippen LogP contribution in [0.5, 0.6) is 5.75 Å². The van der Waals surface area contributed by atoms with E-state index < -0.39 is 11.6 Å². The number of carbonyl (C=O) groups is 1. The van der Waals surface area contributed by atoms with Gasteiger partial charge in [-0.25, -0.2) is 9.59 Å². The van der Waals surface area contributed by atoms with Crippen molar-refractivity contribution in [2.24, 2.45) is 0 Å². The second-order valence-electron chi connectivity index (χ2n) is 5.34. The van der Waals surface area contributed by atoms with Gasteiger partial charge < -0.3 is 9.15 Å². The monoisotopic (exact) mass is 308 g/mol. The number of fused-ring (bicyclic) bond motifs is 1. The van der Waals surface area contributed by atoms with E-state index >= 15 is 0 Å². The third-order valence-electron chi connectivity index (χ3n) is 3.63. The van der Waals surface area contributed by atoms with Crippen molar-refractivity contribution in [1.29, 1.82) is 0 Å². The highest BCUT2D eigenvalue weighted by molar-refractivity contribution is 5.95. The molecule has 1 aromatic heterocycles. The van der Waals surface area contributed by atoms with E-state index in [4.69, 9.17) is 9.15 Å². The van der Waals surface area contributed by atoms with E-state index in [0.29, 0.717) is 28.7 Å². The van der Waals surface area contributed by atoms with Crippen molar-refractivity contribution in [1.82, 2.24) is 0 Å². The van der Waals surface area contributed by atoms with Crippen molar-refractivity contribution >= 4 is 16.9 Å². The number of benzene rings is 2. The average molecular weight is 308 g/mol. The molecule has 0 saturated carbocycles. The quantitative estimate of drug-likeness (QED) is 0.418. The van der Waals surface area contributed by atoms with Crippen LogP contribution >= 0.6 is 0 Å². The minimum Gasteiger partial charge on any atom is -0.423 e.